The summed E-state index contributed by atoms with van der Waals surface area (Å²) < 4.78 is 1.95. The third-order valence-corrected chi connectivity index (χ3v) is 2.26. The molecule has 0 amide bonds. The maximum Gasteiger partial charge on any atom is 0.305 e. The van der Waals surface area contributed by atoms with E-state index in [4.69, 9.17) is 5.11 Å². The number of rotatable bonds is 4. The summed E-state index contributed by atoms with van der Waals surface area (Å²) in [6.07, 6.45) is 6.18. The zero-order chi connectivity index (χ0) is 9.26. The third kappa shape index (κ3) is 1.88. The SMILES string of the molecule is O=C(O)CCn1ccnc1C1CC1. The molecular weight excluding hydrogens is 168 g/mol. The second-order valence-electron chi connectivity index (χ2n) is 3.40. The summed E-state index contributed by atoms with van der Waals surface area (Å²) in [4.78, 5) is 14.6. The number of carboxylic acid groups (broad SMARTS) is 1. The van der Waals surface area contributed by atoms with Crippen molar-refractivity contribution in [3.05, 3.63) is 18.2 Å². The monoisotopic (exact) mass is 180 g/mol. The molecule has 2 rings (SSSR count). The number of nitrogens with zero attached hydrogens (tertiary/aromatic N) is 2. The highest BCUT2D eigenvalue weighted by atomic mass is 16.4. The topological polar surface area (TPSA) is 55.1 Å². The van der Waals surface area contributed by atoms with Crippen LogP contribution in [0.5, 0.6) is 0 Å². The van der Waals surface area contributed by atoms with Gasteiger partial charge in [0.15, 0.2) is 0 Å². The fourth-order valence-electron chi connectivity index (χ4n) is 1.43. The number of carboxylic acids is 1. The Hall–Kier alpha value is -1.32. The van der Waals surface area contributed by atoms with Crippen LogP contribution in [0.3, 0.4) is 0 Å². The fraction of sp³-hybridized carbons (Fsp3) is 0.556. The summed E-state index contributed by atoms with van der Waals surface area (Å²) in [5, 5.41) is 8.52. The van der Waals surface area contributed by atoms with Gasteiger partial charge in [0, 0.05) is 24.9 Å². The van der Waals surface area contributed by atoms with E-state index in [-0.39, 0.29) is 6.42 Å². The van der Waals surface area contributed by atoms with E-state index in [1.54, 1.807) is 6.20 Å². The third-order valence-electron chi connectivity index (χ3n) is 2.26. The van der Waals surface area contributed by atoms with Gasteiger partial charge in [-0.15, -0.1) is 0 Å². The molecule has 0 spiro atoms. The molecule has 0 saturated heterocycles. The molecular formula is C9H12N2O2. The summed E-state index contributed by atoms with van der Waals surface area (Å²) in [5.41, 5.74) is 0. The van der Waals surface area contributed by atoms with Gasteiger partial charge in [0.2, 0.25) is 0 Å². The minimum absolute atomic E-state index is 0.177. The van der Waals surface area contributed by atoms with E-state index < -0.39 is 5.97 Å². The van der Waals surface area contributed by atoms with Gasteiger partial charge in [-0.3, -0.25) is 4.79 Å². The van der Waals surface area contributed by atoms with Crippen LogP contribution in [0.25, 0.3) is 0 Å². The van der Waals surface area contributed by atoms with Crippen molar-refractivity contribution in [1.82, 2.24) is 9.55 Å². The van der Waals surface area contributed by atoms with Crippen LogP contribution >= 0.6 is 0 Å². The Morgan fingerprint density at radius 2 is 2.46 bits per heavy atom. The second kappa shape index (κ2) is 3.20. The van der Waals surface area contributed by atoms with Crippen LogP contribution in [0.1, 0.15) is 31.0 Å². The van der Waals surface area contributed by atoms with Crippen molar-refractivity contribution < 1.29 is 9.90 Å². The number of aromatic nitrogens is 2. The molecule has 13 heavy (non-hydrogen) atoms. The molecule has 0 atom stereocenters. The standard InChI is InChI=1S/C9H12N2O2/c12-8(13)3-5-11-6-4-10-9(11)7-1-2-7/h4,6-7H,1-3,5H2,(H,12,13). The largest absolute Gasteiger partial charge is 0.481 e. The average Bonchev–Trinajstić information content (AvgIpc) is 2.82. The molecule has 0 aliphatic heterocycles. The van der Waals surface area contributed by atoms with E-state index in [0.29, 0.717) is 12.5 Å². The van der Waals surface area contributed by atoms with Crippen molar-refractivity contribution >= 4 is 5.97 Å². The van der Waals surface area contributed by atoms with Crippen LogP contribution in [-0.2, 0) is 11.3 Å². The van der Waals surface area contributed by atoms with Crippen molar-refractivity contribution in [3.63, 3.8) is 0 Å². The molecule has 0 radical (unpaired) electrons. The minimum atomic E-state index is -0.754. The number of aliphatic carboxylic acids is 1. The smallest absolute Gasteiger partial charge is 0.305 e. The Kier molecular flexibility index (Phi) is 2.04. The van der Waals surface area contributed by atoms with Crippen molar-refractivity contribution in [2.75, 3.05) is 0 Å². The van der Waals surface area contributed by atoms with Crippen LogP contribution in [0.2, 0.25) is 0 Å². The van der Waals surface area contributed by atoms with Crippen molar-refractivity contribution in [3.8, 4) is 0 Å². The van der Waals surface area contributed by atoms with Crippen LogP contribution in [0.15, 0.2) is 12.4 Å². The predicted molar refractivity (Wildman–Crippen MR) is 46.5 cm³/mol. The van der Waals surface area contributed by atoms with Crippen molar-refractivity contribution in [1.29, 1.82) is 0 Å². The summed E-state index contributed by atoms with van der Waals surface area (Å²) in [5.74, 6) is 0.889. The molecule has 1 aliphatic carbocycles. The molecule has 1 N–H and O–H groups in total. The molecule has 1 aromatic rings. The maximum atomic E-state index is 10.4. The number of imidazole rings is 1. The van der Waals surface area contributed by atoms with Crippen molar-refractivity contribution in [2.45, 2.75) is 31.7 Å². The van der Waals surface area contributed by atoms with Gasteiger partial charge in [-0.25, -0.2) is 4.98 Å². The Morgan fingerprint density at radius 3 is 3.08 bits per heavy atom. The quantitative estimate of drug-likeness (QED) is 0.758. The summed E-state index contributed by atoms with van der Waals surface area (Å²) in [6, 6.07) is 0. The Balaban J connectivity index is 2.02. The lowest BCUT2D eigenvalue weighted by Gasteiger charge is -2.03. The Bertz CT molecular complexity index is 315. The first kappa shape index (κ1) is 8.29. The predicted octanol–water partition coefficient (Wildman–Crippen LogP) is 1.24. The van der Waals surface area contributed by atoms with Gasteiger partial charge in [-0.2, -0.15) is 0 Å². The molecule has 4 nitrogen and oxygen atoms in total. The lowest BCUT2D eigenvalue weighted by molar-refractivity contribution is -0.137. The first-order valence-corrected chi connectivity index (χ1v) is 4.50. The van der Waals surface area contributed by atoms with Gasteiger partial charge in [0.25, 0.3) is 0 Å². The van der Waals surface area contributed by atoms with E-state index >= 15 is 0 Å². The zero-order valence-corrected chi connectivity index (χ0v) is 7.31. The molecule has 1 aliphatic rings. The highest BCUT2D eigenvalue weighted by Gasteiger charge is 2.27. The number of carbonyl (C=O) groups is 1. The maximum absolute atomic E-state index is 10.4. The van der Waals surface area contributed by atoms with Gasteiger partial charge >= 0.3 is 5.97 Å². The van der Waals surface area contributed by atoms with Gasteiger partial charge in [0.1, 0.15) is 5.82 Å². The van der Waals surface area contributed by atoms with E-state index in [1.807, 2.05) is 10.8 Å². The highest BCUT2D eigenvalue weighted by molar-refractivity contribution is 5.66. The van der Waals surface area contributed by atoms with Gasteiger partial charge in [-0.05, 0) is 12.8 Å². The molecule has 0 bridgehead atoms. The Labute approximate surface area is 76.2 Å². The molecule has 4 heteroatoms. The Morgan fingerprint density at radius 1 is 1.69 bits per heavy atom. The molecule has 1 heterocycles. The van der Waals surface area contributed by atoms with Crippen LogP contribution in [0.4, 0.5) is 0 Å². The van der Waals surface area contributed by atoms with Crippen molar-refractivity contribution in [2.24, 2.45) is 0 Å². The molecule has 1 fully saturated rings. The summed E-state index contributed by atoms with van der Waals surface area (Å²) in [7, 11) is 0. The van der Waals surface area contributed by atoms with E-state index in [1.165, 1.54) is 12.8 Å². The lowest BCUT2D eigenvalue weighted by atomic mass is 10.3. The van der Waals surface area contributed by atoms with Gasteiger partial charge < -0.3 is 9.67 Å². The van der Waals surface area contributed by atoms with E-state index in [2.05, 4.69) is 4.98 Å². The van der Waals surface area contributed by atoms with Gasteiger partial charge in [0.05, 0.1) is 6.42 Å². The summed E-state index contributed by atoms with van der Waals surface area (Å²) in [6.45, 7) is 0.543. The minimum Gasteiger partial charge on any atom is -0.481 e. The van der Waals surface area contributed by atoms with E-state index in [0.717, 1.165) is 5.82 Å². The second-order valence-corrected chi connectivity index (χ2v) is 3.40. The molecule has 1 aromatic heterocycles. The lowest BCUT2D eigenvalue weighted by Crippen LogP contribution is -2.06. The fourth-order valence-corrected chi connectivity index (χ4v) is 1.43. The zero-order valence-electron chi connectivity index (χ0n) is 7.31. The first-order valence-electron chi connectivity index (χ1n) is 4.50. The number of hydrogen-bond acceptors (Lipinski definition) is 2. The average molecular weight is 180 g/mol. The molecule has 70 valence electrons. The summed E-state index contributed by atoms with van der Waals surface area (Å²) >= 11 is 0. The molecule has 0 unspecified atom stereocenters. The number of aryl methyl sites for hydroxylation is 1. The van der Waals surface area contributed by atoms with E-state index in [9.17, 15) is 4.79 Å². The molecule has 0 aromatic carbocycles. The van der Waals surface area contributed by atoms with Crippen LogP contribution in [-0.4, -0.2) is 20.6 Å². The highest BCUT2D eigenvalue weighted by Crippen LogP contribution is 2.38. The normalized spacial score (nSPS) is 16.0. The van der Waals surface area contributed by atoms with Crippen LogP contribution in [0, 0.1) is 0 Å². The van der Waals surface area contributed by atoms with Crippen LogP contribution < -0.4 is 0 Å². The molecule has 1 saturated carbocycles. The van der Waals surface area contributed by atoms with Gasteiger partial charge in [-0.1, -0.05) is 0 Å². The number of hydrogen-bond donors (Lipinski definition) is 1. The first-order chi connectivity index (χ1) is 6.27.